The number of hydrogen-bond donors (Lipinski definition) is 1. The monoisotopic (exact) mass is 333 g/mol. The van der Waals surface area contributed by atoms with Crippen LogP contribution in [0.5, 0.6) is 5.75 Å². The van der Waals surface area contributed by atoms with Crippen molar-refractivity contribution in [2.45, 2.75) is 17.2 Å². The summed E-state index contributed by atoms with van der Waals surface area (Å²) in [6, 6.07) is 3.35. The molecule has 1 heterocycles. The second kappa shape index (κ2) is 4.39. The van der Waals surface area contributed by atoms with Gasteiger partial charge < -0.3 is 9.84 Å². The summed E-state index contributed by atoms with van der Waals surface area (Å²) in [6.07, 6.45) is -0.291. The zero-order valence-electron chi connectivity index (χ0n) is 11.5. The summed E-state index contributed by atoms with van der Waals surface area (Å²) in [4.78, 5) is 10.7. The number of methoxy groups -OCH3 is 1. The summed E-state index contributed by atoms with van der Waals surface area (Å²) in [5.41, 5.74) is -1.33. The molecule has 1 aromatic carbocycles. The minimum absolute atomic E-state index is 0.121. The molecule has 2 aliphatic rings. The fraction of sp³-hybridized carbons (Fsp3) is 0.462. The normalized spacial score (nSPS) is 22.1. The Morgan fingerprint density at radius 3 is 2.41 bits per heavy atom. The molecule has 1 aliphatic carbocycles. The van der Waals surface area contributed by atoms with Crippen LogP contribution in [0.15, 0.2) is 23.1 Å². The number of carboxylic acid groups (broad SMARTS) is 1. The highest BCUT2D eigenvalue weighted by Gasteiger charge is 2.77. The van der Waals surface area contributed by atoms with Gasteiger partial charge in [-0.2, -0.15) is 4.31 Å². The van der Waals surface area contributed by atoms with Crippen LogP contribution < -0.4 is 4.74 Å². The van der Waals surface area contributed by atoms with E-state index in [1.54, 1.807) is 0 Å². The highest BCUT2D eigenvalue weighted by atomic mass is 32.2. The lowest BCUT2D eigenvalue weighted by Gasteiger charge is -2.38. The number of halogens is 2. The van der Waals surface area contributed by atoms with Crippen LogP contribution in [0.4, 0.5) is 8.78 Å². The number of sulfonamides is 1. The van der Waals surface area contributed by atoms with E-state index in [2.05, 4.69) is 0 Å². The fourth-order valence-corrected chi connectivity index (χ4v) is 4.42. The second-order valence-corrected chi connectivity index (χ2v) is 7.51. The van der Waals surface area contributed by atoms with Gasteiger partial charge in [-0.05, 0) is 18.2 Å². The predicted octanol–water partition coefficient (Wildman–Crippen LogP) is 1.42. The Morgan fingerprint density at radius 1 is 1.36 bits per heavy atom. The average Bonchev–Trinajstić information content (AvgIpc) is 2.99. The summed E-state index contributed by atoms with van der Waals surface area (Å²) in [6.45, 7) is -0.460. The van der Waals surface area contributed by atoms with Crippen molar-refractivity contribution in [3.8, 4) is 5.75 Å². The van der Waals surface area contributed by atoms with Gasteiger partial charge in [0.1, 0.15) is 10.6 Å². The lowest BCUT2D eigenvalue weighted by Crippen LogP contribution is -2.53. The first kappa shape index (κ1) is 15.2. The molecule has 1 N–H and O–H groups in total. The number of rotatable bonds is 4. The molecule has 1 spiro atoms. The smallest absolute Gasteiger partial charge is 0.335 e. The van der Waals surface area contributed by atoms with Gasteiger partial charge in [-0.3, -0.25) is 0 Å². The molecular weight excluding hydrogens is 320 g/mol. The maximum Gasteiger partial charge on any atom is 0.335 e. The Labute approximate surface area is 125 Å². The Kier molecular flexibility index (Phi) is 3.02. The third-order valence-electron chi connectivity index (χ3n) is 4.20. The molecule has 0 radical (unpaired) electrons. The Morgan fingerprint density at radius 2 is 1.95 bits per heavy atom. The molecule has 0 unspecified atom stereocenters. The minimum Gasteiger partial charge on any atom is -0.495 e. The SMILES string of the molecule is COc1cc(C(=O)O)ccc1S(=O)(=O)N1CC2(C1)CC2(F)F. The zero-order valence-corrected chi connectivity index (χ0v) is 12.4. The molecule has 22 heavy (non-hydrogen) atoms. The minimum atomic E-state index is -3.99. The van der Waals surface area contributed by atoms with Crippen molar-refractivity contribution in [1.82, 2.24) is 4.31 Å². The Bertz CT molecular complexity index is 756. The van der Waals surface area contributed by atoms with E-state index >= 15 is 0 Å². The zero-order chi connectivity index (χ0) is 16.3. The summed E-state index contributed by atoms with van der Waals surface area (Å²) < 4.78 is 57.2. The van der Waals surface area contributed by atoms with Crippen LogP contribution in [0.1, 0.15) is 16.8 Å². The number of hydrogen-bond acceptors (Lipinski definition) is 4. The first-order valence-corrected chi connectivity index (χ1v) is 7.86. The molecule has 0 bridgehead atoms. The quantitative estimate of drug-likeness (QED) is 0.901. The first-order chi connectivity index (χ1) is 10.1. The van der Waals surface area contributed by atoms with Crippen LogP contribution in [-0.4, -0.2) is 49.9 Å². The second-order valence-electron chi connectivity index (χ2n) is 5.61. The van der Waals surface area contributed by atoms with E-state index in [4.69, 9.17) is 9.84 Å². The molecular formula is C13H13F2NO5S. The first-order valence-electron chi connectivity index (χ1n) is 6.42. The summed E-state index contributed by atoms with van der Waals surface area (Å²) in [5.74, 6) is -4.14. The van der Waals surface area contributed by atoms with Crippen LogP contribution in [-0.2, 0) is 10.0 Å². The van der Waals surface area contributed by atoms with Crippen molar-refractivity contribution in [2.75, 3.05) is 20.2 Å². The highest BCUT2D eigenvalue weighted by Crippen LogP contribution is 2.65. The van der Waals surface area contributed by atoms with E-state index in [0.29, 0.717) is 0 Å². The van der Waals surface area contributed by atoms with Crippen LogP contribution >= 0.6 is 0 Å². The van der Waals surface area contributed by atoms with E-state index in [1.165, 1.54) is 7.11 Å². The predicted molar refractivity (Wildman–Crippen MR) is 70.7 cm³/mol. The largest absolute Gasteiger partial charge is 0.495 e. The Hall–Kier alpha value is -1.74. The van der Waals surface area contributed by atoms with E-state index < -0.39 is 27.3 Å². The molecule has 2 fully saturated rings. The molecule has 120 valence electrons. The number of alkyl halides is 2. The van der Waals surface area contributed by atoms with Gasteiger partial charge in [0.2, 0.25) is 10.0 Å². The summed E-state index contributed by atoms with van der Waals surface area (Å²) in [7, 11) is -2.77. The van der Waals surface area contributed by atoms with Crippen LogP contribution in [0.25, 0.3) is 0 Å². The van der Waals surface area contributed by atoms with Crippen molar-refractivity contribution in [3.05, 3.63) is 23.8 Å². The number of carboxylic acids is 1. The highest BCUT2D eigenvalue weighted by molar-refractivity contribution is 7.89. The van der Waals surface area contributed by atoms with Gasteiger partial charge in [0, 0.05) is 19.5 Å². The number of nitrogens with zero attached hydrogens (tertiary/aromatic N) is 1. The average molecular weight is 333 g/mol. The lowest BCUT2D eigenvalue weighted by molar-refractivity contribution is 0.0108. The van der Waals surface area contributed by atoms with E-state index in [1.807, 2.05) is 0 Å². The molecule has 1 saturated carbocycles. The van der Waals surface area contributed by atoms with Crippen LogP contribution in [0, 0.1) is 5.41 Å². The third-order valence-corrected chi connectivity index (χ3v) is 6.03. The van der Waals surface area contributed by atoms with Gasteiger partial charge >= 0.3 is 5.97 Å². The summed E-state index contributed by atoms with van der Waals surface area (Å²) in [5, 5.41) is 8.90. The van der Waals surface area contributed by atoms with Crippen LogP contribution in [0.2, 0.25) is 0 Å². The fourth-order valence-electron chi connectivity index (χ4n) is 2.68. The van der Waals surface area contributed by atoms with Gasteiger partial charge in [-0.25, -0.2) is 22.0 Å². The topological polar surface area (TPSA) is 83.9 Å². The maximum atomic E-state index is 13.2. The van der Waals surface area contributed by atoms with Crippen molar-refractivity contribution in [2.24, 2.45) is 5.41 Å². The molecule has 1 aromatic rings. The van der Waals surface area contributed by atoms with E-state index in [0.717, 1.165) is 22.5 Å². The number of aromatic carboxylic acids is 1. The Balaban J connectivity index is 1.89. The molecule has 1 saturated heterocycles. The van der Waals surface area contributed by atoms with E-state index in [9.17, 15) is 22.0 Å². The lowest BCUT2D eigenvalue weighted by atomic mass is 10.00. The van der Waals surface area contributed by atoms with Crippen molar-refractivity contribution < 1.29 is 31.8 Å². The molecule has 0 amide bonds. The maximum absolute atomic E-state index is 13.2. The van der Waals surface area contributed by atoms with Gasteiger partial charge in [0.15, 0.2) is 0 Å². The number of carbonyl (C=O) groups is 1. The van der Waals surface area contributed by atoms with Crippen LogP contribution in [0.3, 0.4) is 0 Å². The number of benzene rings is 1. The van der Waals surface area contributed by atoms with E-state index in [-0.39, 0.29) is 35.7 Å². The molecule has 6 nitrogen and oxygen atoms in total. The molecule has 9 heteroatoms. The third kappa shape index (κ3) is 1.99. The van der Waals surface area contributed by atoms with Gasteiger partial charge in [-0.1, -0.05) is 0 Å². The van der Waals surface area contributed by atoms with Gasteiger partial charge in [-0.15, -0.1) is 0 Å². The van der Waals surface area contributed by atoms with Crippen molar-refractivity contribution in [1.29, 1.82) is 0 Å². The molecule has 0 aromatic heterocycles. The van der Waals surface area contributed by atoms with Gasteiger partial charge in [0.25, 0.3) is 5.92 Å². The van der Waals surface area contributed by atoms with Crippen molar-refractivity contribution >= 4 is 16.0 Å². The molecule has 3 rings (SSSR count). The molecule has 1 aliphatic heterocycles. The summed E-state index contributed by atoms with van der Waals surface area (Å²) >= 11 is 0. The standard InChI is InChI=1S/C13H13F2NO5S/c1-21-9-4-8(11(17)18)2-3-10(9)22(19,20)16-6-12(7-16)5-13(12,14)15/h2-4H,5-7H2,1H3,(H,17,18). The van der Waals surface area contributed by atoms with Crippen molar-refractivity contribution in [3.63, 3.8) is 0 Å². The number of ether oxygens (including phenoxy) is 1. The molecule has 0 atom stereocenters. The van der Waals surface area contributed by atoms with Gasteiger partial charge in [0.05, 0.1) is 18.1 Å².